The molecule has 0 saturated heterocycles. The van der Waals surface area contributed by atoms with Gasteiger partial charge in [-0.25, -0.2) is 18.0 Å². The predicted octanol–water partition coefficient (Wildman–Crippen LogP) is 2.50. The number of hydrogen-bond donors (Lipinski definition) is 3. The van der Waals surface area contributed by atoms with Crippen molar-refractivity contribution in [3.05, 3.63) is 59.7 Å². The summed E-state index contributed by atoms with van der Waals surface area (Å²) >= 11 is 0. The molecule has 0 aliphatic carbocycles. The molecule has 3 amide bonds. The van der Waals surface area contributed by atoms with Crippen LogP contribution in [0.2, 0.25) is 0 Å². The summed E-state index contributed by atoms with van der Waals surface area (Å²) < 4.78 is 39.3. The van der Waals surface area contributed by atoms with Crippen molar-refractivity contribution in [1.29, 1.82) is 0 Å². The molecule has 0 radical (unpaired) electrons. The third-order valence-electron chi connectivity index (χ3n) is 3.20. The van der Waals surface area contributed by atoms with Crippen molar-refractivity contribution >= 4 is 17.6 Å². The van der Waals surface area contributed by atoms with Crippen molar-refractivity contribution in [3.8, 4) is 0 Å². The average molecular weight is 352 g/mol. The van der Waals surface area contributed by atoms with Gasteiger partial charge in [-0.1, -0.05) is 6.07 Å². The van der Waals surface area contributed by atoms with Crippen LogP contribution in [-0.4, -0.2) is 23.5 Å². The number of pyridine rings is 1. The van der Waals surface area contributed by atoms with Crippen LogP contribution in [0.1, 0.15) is 18.7 Å². The number of amides is 3. The van der Waals surface area contributed by atoms with Gasteiger partial charge in [-0.15, -0.1) is 0 Å². The van der Waals surface area contributed by atoms with E-state index in [2.05, 4.69) is 15.6 Å². The molecule has 2 aromatic rings. The molecule has 0 aliphatic heterocycles. The molecule has 132 valence electrons. The van der Waals surface area contributed by atoms with E-state index in [-0.39, 0.29) is 0 Å². The Hall–Kier alpha value is -3.10. The molecule has 0 bridgehead atoms. The van der Waals surface area contributed by atoms with Gasteiger partial charge in [-0.2, -0.15) is 0 Å². The van der Waals surface area contributed by atoms with E-state index in [0.29, 0.717) is 11.8 Å². The summed E-state index contributed by atoms with van der Waals surface area (Å²) in [5.74, 6) is -5.36. The highest BCUT2D eigenvalue weighted by Gasteiger charge is 2.16. The smallest absolute Gasteiger partial charge is 0.315 e. The molecule has 3 N–H and O–H groups in total. The zero-order valence-corrected chi connectivity index (χ0v) is 13.1. The number of anilines is 1. The van der Waals surface area contributed by atoms with Crippen LogP contribution in [0, 0.1) is 17.5 Å². The summed E-state index contributed by atoms with van der Waals surface area (Å²) in [6.45, 7) is 1.22. The zero-order chi connectivity index (χ0) is 18.4. The number of hydrogen-bond acceptors (Lipinski definition) is 3. The largest absolute Gasteiger partial charge is 0.330 e. The van der Waals surface area contributed by atoms with Crippen LogP contribution < -0.4 is 16.0 Å². The van der Waals surface area contributed by atoms with Crippen LogP contribution >= 0.6 is 0 Å². The molecule has 0 aliphatic rings. The van der Waals surface area contributed by atoms with Gasteiger partial charge in [0.1, 0.15) is 0 Å². The summed E-state index contributed by atoms with van der Waals surface area (Å²) in [6.07, 6.45) is 1.58. The number of rotatable bonds is 5. The Morgan fingerprint density at radius 1 is 1.12 bits per heavy atom. The highest BCUT2D eigenvalue weighted by molar-refractivity contribution is 5.94. The summed E-state index contributed by atoms with van der Waals surface area (Å²) in [7, 11) is 0. The van der Waals surface area contributed by atoms with Crippen LogP contribution in [0.4, 0.5) is 23.7 Å². The van der Waals surface area contributed by atoms with Gasteiger partial charge in [0, 0.05) is 6.20 Å². The fourth-order valence-corrected chi connectivity index (χ4v) is 1.93. The van der Waals surface area contributed by atoms with E-state index in [0.717, 1.165) is 6.07 Å². The average Bonchev–Trinajstić information content (AvgIpc) is 2.61. The molecule has 1 aromatic carbocycles. The molecular formula is C16H15F3N4O2. The molecule has 9 heteroatoms. The van der Waals surface area contributed by atoms with E-state index in [9.17, 15) is 22.8 Å². The maximum Gasteiger partial charge on any atom is 0.315 e. The normalized spacial score (nSPS) is 11.5. The first-order valence-electron chi connectivity index (χ1n) is 7.27. The topological polar surface area (TPSA) is 83.1 Å². The minimum Gasteiger partial charge on any atom is -0.330 e. The molecular weight excluding hydrogens is 337 g/mol. The van der Waals surface area contributed by atoms with E-state index in [1.54, 1.807) is 31.3 Å². The van der Waals surface area contributed by atoms with Crippen molar-refractivity contribution in [2.75, 3.05) is 11.9 Å². The number of aromatic nitrogens is 1. The minimum atomic E-state index is -1.69. The minimum absolute atomic E-state index is 0.395. The van der Waals surface area contributed by atoms with Crippen LogP contribution in [-0.2, 0) is 4.79 Å². The monoisotopic (exact) mass is 352 g/mol. The van der Waals surface area contributed by atoms with Gasteiger partial charge in [0.15, 0.2) is 17.5 Å². The maximum atomic E-state index is 13.4. The molecule has 0 saturated carbocycles. The second-order valence-corrected chi connectivity index (χ2v) is 5.07. The van der Waals surface area contributed by atoms with E-state index >= 15 is 0 Å². The number of nitrogens with one attached hydrogen (secondary N) is 3. The van der Waals surface area contributed by atoms with E-state index in [4.69, 9.17) is 0 Å². The molecule has 1 heterocycles. The van der Waals surface area contributed by atoms with Gasteiger partial charge in [0.2, 0.25) is 5.91 Å². The van der Waals surface area contributed by atoms with Gasteiger partial charge >= 0.3 is 6.03 Å². The first-order valence-corrected chi connectivity index (χ1v) is 7.27. The molecule has 0 spiro atoms. The van der Waals surface area contributed by atoms with Gasteiger partial charge in [0.25, 0.3) is 0 Å². The Balaban J connectivity index is 1.84. The fourth-order valence-electron chi connectivity index (χ4n) is 1.93. The van der Waals surface area contributed by atoms with E-state index < -0.39 is 47.7 Å². The standard InChI is InChI=1S/C16H15F3N4O2/c1-9(11-4-2-3-7-20-11)22-16(25)21-8-13(24)23-12-6-5-10(17)14(18)15(12)19/h2-7,9H,8H2,1H3,(H,23,24)(H2,21,22,25). The Morgan fingerprint density at radius 2 is 1.88 bits per heavy atom. The van der Waals surface area contributed by atoms with Crippen LogP contribution in [0.3, 0.4) is 0 Å². The Labute approximate surface area is 141 Å². The van der Waals surface area contributed by atoms with Crippen molar-refractivity contribution in [2.24, 2.45) is 0 Å². The lowest BCUT2D eigenvalue weighted by molar-refractivity contribution is -0.115. The van der Waals surface area contributed by atoms with E-state index in [1.807, 2.05) is 5.32 Å². The summed E-state index contributed by atoms with van der Waals surface area (Å²) in [5.41, 5.74) is 0.110. The van der Waals surface area contributed by atoms with Gasteiger partial charge in [0.05, 0.1) is 24.0 Å². The Kier molecular flexibility index (Phi) is 5.93. The SMILES string of the molecule is CC(NC(=O)NCC(=O)Nc1ccc(F)c(F)c1F)c1ccccn1. The van der Waals surface area contributed by atoms with Gasteiger partial charge in [-0.3, -0.25) is 9.78 Å². The zero-order valence-electron chi connectivity index (χ0n) is 13.1. The molecule has 1 unspecified atom stereocenters. The first kappa shape index (κ1) is 18.2. The first-order chi connectivity index (χ1) is 11.9. The fraction of sp³-hybridized carbons (Fsp3) is 0.188. The Morgan fingerprint density at radius 3 is 2.56 bits per heavy atom. The third kappa shape index (κ3) is 4.93. The van der Waals surface area contributed by atoms with Crippen LogP contribution in [0.25, 0.3) is 0 Å². The molecule has 0 fully saturated rings. The van der Waals surface area contributed by atoms with Crippen molar-refractivity contribution in [3.63, 3.8) is 0 Å². The number of benzene rings is 1. The number of nitrogens with zero attached hydrogens (tertiary/aromatic N) is 1. The molecule has 2 rings (SSSR count). The van der Waals surface area contributed by atoms with Crippen molar-refractivity contribution < 1.29 is 22.8 Å². The van der Waals surface area contributed by atoms with Gasteiger partial charge in [-0.05, 0) is 31.2 Å². The third-order valence-corrected chi connectivity index (χ3v) is 3.20. The van der Waals surface area contributed by atoms with Crippen LogP contribution in [0.5, 0.6) is 0 Å². The lowest BCUT2D eigenvalue weighted by Crippen LogP contribution is -2.41. The highest BCUT2D eigenvalue weighted by Crippen LogP contribution is 2.19. The lowest BCUT2D eigenvalue weighted by atomic mass is 10.2. The second kappa shape index (κ2) is 8.13. The number of halogens is 3. The maximum absolute atomic E-state index is 13.4. The summed E-state index contributed by atoms with van der Waals surface area (Å²) in [5, 5.41) is 6.88. The number of carbonyl (C=O) groups is 2. The number of urea groups is 1. The quantitative estimate of drug-likeness (QED) is 0.723. The summed E-state index contributed by atoms with van der Waals surface area (Å²) in [4.78, 5) is 27.5. The van der Waals surface area contributed by atoms with Crippen molar-refractivity contribution in [2.45, 2.75) is 13.0 Å². The molecule has 1 aromatic heterocycles. The molecule has 1 atom stereocenters. The van der Waals surface area contributed by atoms with E-state index in [1.165, 1.54) is 0 Å². The Bertz CT molecular complexity index is 771. The number of carbonyl (C=O) groups excluding carboxylic acids is 2. The molecule has 6 nitrogen and oxygen atoms in total. The second-order valence-electron chi connectivity index (χ2n) is 5.07. The summed E-state index contributed by atoms with van der Waals surface area (Å²) in [6, 6.07) is 5.76. The van der Waals surface area contributed by atoms with Crippen LogP contribution in [0.15, 0.2) is 36.5 Å². The molecule has 25 heavy (non-hydrogen) atoms. The highest BCUT2D eigenvalue weighted by atomic mass is 19.2. The van der Waals surface area contributed by atoms with Gasteiger partial charge < -0.3 is 16.0 Å². The predicted molar refractivity (Wildman–Crippen MR) is 84.1 cm³/mol. The van der Waals surface area contributed by atoms with Crippen molar-refractivity contribution in [1.82, 2.24) is 15.6 Å². The lowest BCUT2D eigenvalue weighted by Gasteiger charge is -2.14.